The van der Waals surface area contributed by atoms with Gasteiger partial charge in [-0.2, -0.15) is 0 Å². The van der Waals surface area contributed by atoms with Crippen molar-refractivity contribution in [2.45, 2.75) is 73.1 Å². The van der Waals surface area contributed by atoms with E-state index in [9.17, 15) is 0 Å². The van der Waals surface area contributed by atoms with Gasteiger partial charge in [0.25, 0.3) is 0 Å². The van der Waals surface area contributed by atoms with E-state index in [1.54, 1.807) is 12.7 Å². The molecule has 2 nitrogen and oxygen atoms in total. The first-order chi connectivity index (χ1) is 12.5. The van der Waals surface area contributed by atoms with Gasteiger partial charge in [0.15, 0.2) is 0 Å². The summed E-state index contributed by atoms with van der Waals surface area (Å²) in [5.74, 6) is 1.61. The van der Waals surface area contributed by atoms with Gasteiger partial charge in [0, 0.05) is 11.8 Å². The standard InChI is InChI=1S/C19H30O.C5H11N/c1-7-9-10-16-14-17(20-6)11-12-18(15(3)4)19(16,5)13-8-2;1-2-4-6-5-3-1/h7,9-10,12,14-15H,8,11,13H2,1-6H3;6H,1-5H2/b9-7-,16-10-;. The van der Waals surface area contributed by atoms with Crippen molar-refractivity contribution in [2.24, 2.45) is 11.3 Å². The fraction of sp³-hybridized carbons (Fsp3) is 0.667. The summed E-state index contributed by atoms with van der Waals surface area (Å²) in [7, 11) is 1.77. The van der Waals surface area contributed by atoms with Crippen LogP contribution in [-0.4, -0.2) is 20.2 Å². The Bertz CT molecular complexity index is 509. The van der Waals surface area contributed by atoms with E-state index < -0.39 is 0 Å². The lowest BCUT2D eigenvalue weighted by Crippen LogP contribution is -2.24. The van der Waals surface area contributed by atoms with Crippen LogP contribution in [0.1, 0.15) is 73.1 Å². The van der Waals surface area contributed by atoms with Gasteiger partial charge in [-0.1, -0.05) is 70.4 Å². The molecule has 0 amide bonds. The van der Waals surface area contributed by atoms with Gasteiger partial charge in [0.1, 0.15) is 0 Å². The number of hydrogen-bond acceptors (Lipinski definition) is 2. The molecule has 1 atom stereocenters. The summed E-state index contributed by atoms with van der Waals surface area (Å²) in [5, 5.41) is 3.28. The minimum atomic E-state index is 0.114. The van der Waals surface area contributed by atoms with Crippen molar-refractivity contribution in [3.63, 3.8) is 0 Å². The molecule has 0 saturated carbocycles. The zero-order chi connectivity index (χ0) is 19.4. The number of ether oxygens (including phenoxy) is 1. The van der Waals surface area contributed by atoms with Crippen LogP contribution in [0, 0.1) is 11.3 Å². The van der Waals surface area contributed by atoms with Crippen molar-refractivity contribution < 1.29 is 4.74 Å². The zero-order valence-corrected chi connectivity index (χ0v) is 18.0. The first-order valence-corrected chi connectivity index (χ1v) is 10.5. The zero-order valence-electron chi connectivity index (χ0n) is 18.0. The molecular formula is C24H41NO. The first-order valence-electron chi connectivity index (χ1n) is 10.5. The molecule has 0 spiro atoms. The third-order valence-electron chi connectivity index (χ3n) is 5.42. The lowest BCUT2D eigenvalue weighted by molar-refractivity contribution is 0.284. The summed E-state index contributed by atoms with van der Waals surface area (Å²) in [6, 6.07) is 0. The molecule has 0 bridgehead atoms. The maximum atomic E-state index is 5.53. The van der Waals surface area contributed by atoms with Gasteiger partial charge in [-0.3, -0.25) is 0 Å². The number of methoxy groups -OCH3 is 1. The molecular weight excluding hydrogens is 318 g/mol. The second kappa shape index (κ2) is 12.2. The number of rotatable bonds is 5. The normalized spacial score (nSPS) is 25.4. The van der Waals surface area contributed by atoms with E-state index in [0.717, 1.165) is 12.2 Å². The molecule has 0 radical (unpaired) electrons. The smallest absolute Gasteiger partial charge is 0.0996 e. The number of piperidine rings is 1. The number of nitrogens with one attached hydrogen (secondary N) is 1. The van der Waals surface area contributed by atoms with Crippen LogP contribution in [0.4, 0.5) is 0 Å². The molecule has 0 aromatic rings. The predicted molar refractivity (Wildman–Crippen MR) is 115 cm³/mol. The molecule has 0 aromatic heterocycles. The van der Waals surface area contributed by atoms with Gasteiger partial charge in [0.2, 0.25) is 0 Å². The third-order valence-corrected chi connectivity index (χ3v) is 5.42. The highest BCUT2D eigenvalue weighted by molar-refractivity contribution is 5.42. The molecule has 1 heterocycles. The van der Waals surface area contributed by atoms with Crippen LogP contribution < -0.4 is 5.32 Å². The van der Waals surface area contributed by atoms with Gasteiger partial charge in [-0.25, -0.2) is 0 Å². The summed E-state index contributed by atoms with van der Waals surface area (Å²) < 4.78 is 5.53. The molecule has 148 valence electrons. The monoisotopic (exact) mass is 359 g/mol. The summed E-state index contributed by atoms with van der Waals surface area (Å²) in [6.07, 6.45) is 18.6. The minimum Gasteiger partial charge on any atom is -0.501 e. The first kappa shape index (κ1) is 22.8. The van der Waals surface area contributed by atoms with Gasteiger partial charge in [-0.05, 0) is 56.8 Å². The van der Waals surface area contributed by atoms with Gasteiger partial charge in [0.05, 0.1) is 12.9 Å². The van der Waals surface area contributed by atoms with Crippen molar-refractivity contribution in [1.29, 1.82) is 0 Å². The van der Waals surface area contributed by atoms with E-state index in [4.69, 9.17) is 4.74 Å². The van der Waals surface area contributed by atoms with Gasteiger partial charge in [-0.15, -0.1) is 0 Å². The SMILES string of the molecule is C/C=C\C=C1\C=C(OC)CC=C(C(C)C)C1(C)CCC.C1CCNCC1. The van der Waals surface area contributed by atoms with Crippen LogP contribution in [0.5, 0.6) is 0 Å². The van der Waals surface area contributed by atoms with Crippen LogP contribution in [-0.2, 0) is 4.74 Å². The number of allylic oxidation sites excluding steroid dienone is 7. The maximum Gasteiger partial charge on any atom is 0.0996 e. The Balaban J connectivity index is 0.000000472. The summed E-state index contributed by atoms with van der Waals surface area (Å²) in [6.45, 7) is 13.8. The van der Waals surface area contributed by atoms with E-state index in [2.05, 4.69) is 70.3 Å². The fourth-order valence-electron chi connectivity index (χ4n) is 4.03. The average Bonchev–Trinajstić information content (AvgIpc) is 2.78. The fourth-order valence-corrected chi connectivity index (χ4v) is 4.03. The van der Waals surface area contributed by atoms with Crippen molar-refractivity contribution in [2.75, 3.05) is 20.2 Å². The minimum absolute atomic E-state index is 0.114. The molecule has 0 aromatic carbocycles. The largest absolute Gasteiger partial charge is 0.501 e. The highest BCUT2D eigenvalue weighted by atomic mass is 16.5. The van der Waals surface area contributed by atoms with E-state index >= 15 is 0 Å². The van der Waals surface area contributed by atoms with Crippen LogP contribution in [0.2, 0.25) is 0 Å². The van der Waals surface area contributed by atoms with Crippen LogP contribution in [0.3, 0.4) is 0 Å². The molecule has 1 fully saturated rings. The van der Waals surface area contributed by atoms with Crippen LogP contribution in [0.25, 0.3) is 0 Å². The van der Waals surface area contributed by atoms with Gasteiger partial charge >= 0.3 is 0 Å². The van der Waals surface area contributed by atoms with Crippen molar-refractivity contribution >= 4 is 0 Å². The Morgan fingerprint density at radius 3 is 2.35 bits per heavy atom. The second-order valence-corrected chi connectivity index (χ2v) is 7.87. The molecule has 1 aliphatic carbocycles. The lowest BCUT2D eigenvalue weighted by atomic mass is 9.69. The Morgan fingerprint density at radius 1 is 1.23 bits per heavy atom. The van der Waals surface area contributed by atoms with Crippen molar-refractivity contribution in [3.8, 4) is 0 Å². The van der Waals surface area contributed by atoms with Crippen LogP contribution in [0.15, 0.2) is 47.3 Å². The molecule has 1 aliphatic heterocycles. The highest BCUT2D eigenvalue weighted by Crippen LogP contribution is 2.46. The Morgan fingerprint density at radius 2 is 1.92 bits per heavy atom. The second-order valence-electron chi connectivity index (χ2n) is 7.87. The summed E-state index contributed by atoms with van der Waals surface area (Å²) in [4.78, 5) is 0. The van der Waals surface area contributed by atoms with Crippen LogP contribution >= 0.6 is 0 Å². The Hall–Kier alpha value is -1.28. The molecule has 2 aliphatic rings. The Labute approximate surface area is 162 Å². The molecule has 1 N–H and O–H groups in total. The molecule has 2 heteroatoms. The maximum absolute atomic E-state index is 5.53. The summed E-state index contributed by atoms with van der Waals surface area (Å²) >= 11 is 0. The highest BCUT2D eigenvalue weighted by Gasteiger charge is 2.34. The van der Waals surface area contributed by atoms with Crippen molar-refractivity contribution in [3.05, 3.63) is 47.3 Å². The number of hydrogen-bond donors (Lipinski definition) is 1. The average molecular weight is 360 g/mol. The summed E-state index contributed by atoms with van der Waals surface area (Å²) in [5.41, 5.74) is 3.02. The lowest BCUT2D eigenvalue weighted by Gasteiger charge is -2.35. The van der Waals surface area contributed by atoms with E-state index in [0.29, 0.717) is 5.92 Å². The van der Waals surface area contributed by atoms with E-state index in [1.165, 1.54) is 50.8 Å². The van der Waals surface area contributed by atoms with Crippen molar-refractivity contribution in [1.82, 2.24) is 5.32 Å². The topological polar surface area (TPSA) is 21.3 Å². The molecule has 26 heavy (non-hydrogen) atoms. The molecule has 2 rings (SSSR count). The van der Waals surface area contributed by atoms with E-state index in [1.807, 2.05) is 0 Å². The third kappa shape index (κ3) is 6.79. The Kier molecular flexibility index (Phi) is 10.7. The molecule has 1 unspecified atom stereocenters. The molecule has 1 saturated heterocycles. The quantitative estimate of drug-likeness (QED) is 0.560. The van der Waals surface area contributed by atoms with Gasteiger partial charge < -0.3 is 10.1 Å². The predicted octanol–water partition coefficient (Wildman–Crippen LogP) is 6.57. The van der Waals surface area contributed by atoms with E-state index in [-0.39, 0.29) is 5.41 Å².